The molecule has 0 spiro atoms. The van der Waals surface area contributed by atoms with Gasteiger partial charge in [0.05, 0.1) is 11.3 Å². The van der Waals surface area contributed by atoms with Crippen LogP contribution in [0.25, 0.3) is 0 Å². The Morgan fingerprint density at radius 2 is 2.35 bits per heavy atom. The molecule has 0 aromatic carbocycles. The van der Waals surface area contributed by atoms with E-state index in [1.807, 2.05) is 20.0 Å². The SMILES string of the molecule is CCNc1ccncc1C(=O)N(C)CC1CC1. The van der Waals surface area contributed by atoms with Gasteiger partial charge in [0.1, 0.15) is 0 Å². The van der Waals surface area contributed by atoms with Gasteiger partial charge in [-0.05, 0) is 31.7 Å². The van der Waals surface area contributed by atoms with Crippen molar-refractivity contribution in [2.24, 2.45) is 5.92 Å². The van der Waals surface area contributed by atoms with Crippen LogP contribution in [0.15, 0.2) is 18.5 Å². The largest absolute Gasteiger partial charge is 0.385 e. The number of nitrogens with zero attached hydrogens (tertiary/aromatic N) is 2. The van der Waals surface area contributed by atoms with Gasteiger partial charge in [-0.3, -0.25) is 9.78 Å². The summed E-state index contributed by atoms with van der Waals surface area (Å²) in [6.45, 7) is 3.68. The Morgan fingerprint density at radius 1 is 1.59 bits per heavy atom. The Labute approximate surface area is 102 Å². The summed E-state index contributed by atoms with van der Waals surface area (Å²) in [4.78, 5) is 18.1. The molecular formula is C13H19N3O. The van der Waals surface area contributed by atoms with Gasteiger partial charge < -0.3 is 10.2 Å². The van der Waals surface area contributed by atoms with Crippen molar-refractivity contribution in [2.75, 3.05) is 25.5 Å². The summed E-state index contributed by atoms with van der Waals surface area (Å²) < 4.78 is 0. The molecule has 1 amide bonds. The maximum absolute atomic E-state index is 12.2. The number of aromatic nitrogens is 1. The van der Waals surface area contributed by atoms with Crippen molar-refractivity contribution in [3.05, 3.63) is 24.0 Å². The van der Waals surface area contributed by atoms with Crippen LogP contribution < -0.4 is 5.32 Å². The molecule has 1 aromatic heterocycles. The number of hydrogen-bond donors (Lipinski definition) is 1. The number of pyridine rings is 1. The summed E-state index contributed by atoms with van der Waals surface area (Å²) in [5.41, 5.74) is 1.53. The zero-order valence-corrected chi connectivity index (χ0v) is 10.4. The molecule has 1 aromatic rings. The van der Waals surface area contributed by atoms with Crippen LogP contribution in [-0.4, -0.2) is 35.9 Å². The van der Waals surface area contributed by atoms with Crippen molar-refractivity contribution < 1.29 is 4.79 Å². The van der Waals surface area contributed by atoms with E-state index >= 15 is 0 Å². The Hall–Kier alpha value is -1.58. The van der Waals surface area contributed by atoms with E-state index in [1.54, 1.807) is 17.3 Å². The summed E-state index contributed by atoms with van der Waals surface area (Å²) in [5, 5.41) is 3.19. The fraction of sp³-hybridized carbons (Fsp3) is 0.538. The van der Waals surface area contributed by atoms with Crippen LogP contribution in [-0.2, 0) is 0 Å². The second-order valence-electron chi connectivity index (χ2n) is 4.58. The van der Waals surface area contributed by atoms with Gasteiger partial charge >= 0.3 is 0 Å². The van der Waals surface area contributed by atoms with E-state index in [4.69, 9.17) is 0 Å². The highest BCUT2D eigenvalue weighted by Crippen LogP contribution is 2.30. The predicted octanol–water partition coefficient (Wildman–Crippen LogP) is 2.00. The number of carbonyl (C=O) groups is 1. The molecule has 1 aliphatic carbocycles. The van der Waals surface area contributed by atoms with Gasteiger partial charge in [-0.15, -0.1) is 0 Å². The van der Waals surface area contributed by atoms with Crippen LogP contribution in [0.5, 0.6) is 0 Å². The van der Waals surface area contributed by atoms with E-state index in [0.717, 1.165) is 18.8 Å². The third-order valence-corrected chi connectivity index (χ3v) is 2.99. The highest BCUT2D eigenvalue weighted by Gasteiger charge is 2.26. The van der Waals surface area contributed by atoms with Gasteiger partial charge in [0.2, 0.25) is 0 Å². The number of nitrogens with one attached hydrogen (secondary N) is 1. The highest BCUT2D eigenvalue weighted by atomic mass is 16.2. The Kier molecular flexibility index (Phi) is 3.61. The zero-order valence-electron chi connectivity index (χ0n) is 10.4. The maximum atomic E-state index is 12.2. The minimum atomic E-state index is 0.0564. The van der Waals surface area contributed by atoms with Crippen molar-refractivity contribution in [3.8, 4) is 0 Å². The Bertz CT molecular complexity index is 401. The number of carbonyl (C=O) groups excluding carboxylic acids is 1. The van der Waals surface area contributed by atoms with Gasteiger partial charge in [-0.2, -0.15) is 0 Å². The lowest BCUT2D eigenvalue weighted by Crippen LogP contribution is -2.29. The van der Waals surface area contributed by atoms with E-state index in [9.17, 15) is 4.79 Å². The molecule has 0 unspecified atom stereocenters. The van der Waals surface area contributed by atoms with Gasteiger partial charge in [-0.25, -0.2) is 0 Å². The van der Waals surface area contributed by atoms with Crippen LogP contribution in [0, 0.1) is 5.92 Å². The van der Waals surface area contributed by atoms with Crippen LogP contribution in [0.2, 0.25) is 0 Å². The number of amides is 1. The van der Waals surface area contributed by atoms with Crippen LogP contribution in [0.3, 0.4) is 0 Å². The summed E-state index contributed by atoms with van der Waals surface area (Å²) in [6.07, 6.45) is 5.86. The molecule has 4 heteroatoms. The summed E-state index contributed by atoms with van der Waals surface area (Å²) >= 11 is 0. The molecule has 0 saturated heterocycles. The first kappa shape index (κ1) is 11.9. The van der Waals surface area contributed by atoms with E-state index < -0.39 is 0 Å². The van der Waals surface area contributed by atoms with Gasteiger partial charge in [0.25, 0.3) is 5.91 Å². The lowest BCUT2D eigenvalue weighted by Gasteiger charge is -2.18. The third kappa shape index (κ3) is 2.96. The van der Waals surface area contributed by atoms with Crippen LogP contribution in [0.4, 0.5) is 5.69 Å². The lowest BCUT2D eigenvalue weighted by molar-refractivity contribution is 0.0789. The molecule has 1 heterocycles. The first-order valence-electron chi connectivity index (χ1n) is 6.15. The topological polar surface area (TPSA) is 45.2 Å². The molecular weight excluding hydrogens is 214 g/mol. The van der Waals surface area contributed by atoms with E-state index in [1.165, 1.54) is 12.8 Å². The third-order valence-electron chi connectivity index (χ3n) is 2.99. The maximum Gasteiger partial charge on any atom is 0.257 e. The molecule has 2 rings (SSSR count). The van der Waals surface area contributed by atoms with E-state index in [0.29, 0.717) is 11.5 Å². The summed E-state index contributed by atoms with van der Waals surface area (Å²) in [7, 11) is 1.86. The highest BCUT2D eigenvalue weighted by molar-refractivity contribution is 5.99. The average Bonchev–Trinajstić information content (AvgIpc) is 3.13. The molecule has 0 atom stereocenters. The first-order valence-corrected chi connectivity index (χ1v) is 6.15. The smallest absolute Gasteiger partial charge is 0.257 e. The zero-order chi connectivity index (χ0) is 12.3. The quantitative estimate of drug-likeness (QED) is 0.846. The standard InChI is InChI=1S/C13H19N3O/c1-3-15-12-6-7-14-8-11(12)13(17)16(2)9-10-4-5-10/h6-8,10H,3-5,9H2,1-2H3,(H,14,15). The normalized spacial score (nSPS) is 14.5. The van der Waals surface area contributed by atoms with Crippen LogP contribution >= 0.6 is 0 Å². The fourth-order valence-corrected chi connectivity index (χ4v) is 1.89. The second kappa shape index (κ2) is 5.17. The molecule has 1 aliphatic rings. The molecule has 4 nitrogen and oxygen atoms in total. The van der Waals surface area contributed by atoms with Crippen molar-refractivity contribution in [1.82, 2.24) is 9.88 Å². The monoisotopic (exact) mass is 233 g/mol. The minimum absolute atomic E-state index is 0.0564. The minimum Gasteiger partial charge on any atom is -0.385 e. The van der Waals surface area contributed by atoms with Gasteiger partial charge in [0, 0.05) is 32.5 Å². The van der Waals surface area contributed by atoms with Crippen molar-refractivity contribution in [2.45, 2.75) is 19.8 Å². The molecule has 1 N–H and O–H groups in total. The molecule has 0 aliphatic heterocycles. The lowest BCUT2D eigenvalue weighted by atomic mass is 10.2. The second-order valence-corrected chi connectivity index (χ2v) is 4.58. The Balaban J connectivity index is 2.10. The van der Waals surface area contributed by atoms with Gasteiger partial charge in [0.15, 0.2) is 0 Å². The molecule has 0 radical (unpaired) electrons. The Morgan fingerprint density at radius 3 is 3.00 bits per heavy atom. The van der Waals surface area contributed by atoms with Crippen molar-refractivity contribution in [1.29, 1.82) is 0 Å². The molecule has 17 heavy (non-hydrogen) atoms. The predicted molar refractivity (Wildman–Crippen MR) is 68.1 cm³/mol. The average molecular weight is 233 g/mol. The van der Waals surface area contributed by atoms with E-state index in [-0.39, 0.29) is 5.91 Å². The summed E-state index contributed by atoms with van der Waals surface area (Å²) in [6, 6.07) is 1.85. The molecule has 1 fully saturated rings. The fourth-order valence-electron chi connectivity index (χ4n) is 1.89. The molecule has 92 valence electrons. The summed E-state index contributed by atoms with van der Waals surface area (Å²) in [5.74, 6) is 0.768. The van der Waals surface area contributed by atoms with Gasteiger partial charge in [-0.1, -0.05) is 0 Å². The molecule has 1 saturated carbocycles. The first-order chi connectivity index (χ1) is 8.22. The number of anilines is 1. The van der Waals surface area contributed by atoms with Crippen LogP contribution in [0.1, 0.15) is 30.1 Å². The number of rotatable bonds is 5. The van der Waals surface area contributed by atoms with Crippen molar-refractivity contribution in [3.63, 3.8) is 0 Å². The van der Waals surface area contributed by atoms with E-state index in [2.05, 4.69) is 10.3 Å². The number of hydrogen-bond acceptors (Lipinski definition) is 3. The van der Waals surface area contributed by atoms with Crippen molar-refractivity contribution >= 4 is 11.6 Å². The molecule has 0 bridgehead atoms.